The summed E-state index contributed by atoms with van der Waals surface area (Å²) in [5.41, 5.74) is 0. The molecule has 0 aromatic carbocycles. The number of carboxylic acid groups (broad SMARTS) is 1. The Labute approximate surface area is 111 Å². The highest BCUT2D eigenvalue weighted by molar-refractivity contribution is 5.66. The molecule has 0 aromatic heterocycles. The zero-order valence-corrected chi connectivity index (χ0v) is 11.8. The average Bonchev–Trinajstić information content (AvgIpc) is 2.34. The predicted octanol–water partition coefficient (Wildman–Crippen LogP) is 3.44. The SMILES string of the molecule is CC1CCC(CCNCCCCCC(=O)O)CC1. The van der Waals surface area contributed by atoms with Crippen molar-refractivity contribution in [3.63, 3.8) is 0 Å². The maximum Gasteiger partial charge on any atom is 0.303 e. The molecule has 3 heteroatoms. The monoisotopic (exact) mass is 255 g/mol. The minimum Gasteiger partial charge on any atom is -0.481 e. The number of nitrogens with one attached hydrogen (secondary N) is 1. The number of aliphatic carboxylic acids is 1. The van der Waals surface area contributed by atoms with E-state index < -0.39 is 5.97 Å². The lowest BCUT2D eigenvalue weighted by Gasteiger charge is -2.26. The topological polar surface area (TPSA) is 49.3 Å². The summed E-state index contributed by atoms with van der Waals surface area (Å²) in [5, 5.41) is 12.0. The predicted molar refractivity (Wildman–Crippen MR) is 74.7 cm³/mol. The van der Waals surface area contributed by atoms with Crippen LogP contribution in [0.5, 0.6) is 0 Å². The molecular weight excluding hydrogens is 226 g/mol. The normalized spacial score (nSPS) is 24.1. The van der Waals surface area contributed by atoms with Gasteiger partial charge in [-0.05, 0) is 44.2 Å². The van der Waals surface area contributed by atoms with Crippen LogP contribution in [0.25, 0.3) is 0 Å². The Balaban J connectivity index is 1.82. The first-order chi connectivity index (χ1) is 8.68. The van der Waals surface area contributed by atoms with Crippen LogP contribution in [0.1, 0.15) is 64.7 Å². The van der Waals surface area contributed by atoms with Gasteiger partial charge in [-0.25, -0.2) is 0 Å². The molecule has 1 aliphatic carbocycles. The largest absolute Gasteiger partial charge is 0.481 e. The standard InChI is InChI=1S/C15H29NO2/c1-13-6-8-14(9-7-13)10-12-16-11-4-2-3-5-15(17)18/h13-14,16H,2-12H2,1H3,(H,17,18). The zero-order chi connectivity index (χ0) is 13.2. The minimum absolute atomic E-state index is 0.320. The lowest BCUT2D eigenvalue weighted by Crippen LogP contribution is -2.21. The molecule has 0 bridgehead atoms. The van der Waals surface area contributed by atoms with Crippen molar-refractivity contribution in [2.45, 2.75) is 64.7 Å². The van der Waals surface area contributed by atoms with E-state index in [4.69, 9.17) is 5.11 Å². The highest BCUT2D eigenvalue weighted by Gasteiger charge is 2.17. The molecule has 1 rings (SSSR count). The van der Waals surface area contributed by atoms with Crippen LogP contribution >= 0.6 is 0 Å². The van der Waals surface area contributed by atoms with Gasteiger partial charge in [-0.1, -0.05) is 39.0 Å². The highest BCUT2D eigenvalue weighted by atomic mass is 16.4. The van der Waals surface area contributed by atoms with Gasteiger partial charge in [0.05, 0.1) is 0 Å². The van der Waals surface area contributed by atoms with E-state index in [9.17, 15) is 4.79 Å². The molecule has 18 heavy (non-hydrogen) atoms. The van der Waals surface area contributed by atoms with Crippen LogP contribution in [0, 0.1) is 11.8 Å². The van der Waals surface area contributed by atoms with Crippen LogP contribution in [0.4, 0.5) is 0 Å². The molecule has 0 radical (unpaired) electrons. The summed E-state index contributed by atoms with van der Waals surface area (Å²) in [4.78, 5) is 10.3. The molecule has 3 nitrogen and oxygen atoms in total. The van der Waals surface area contributed by atoms with Crippen LogP contribution in [0.3, 0.4) is 0 Å². The Morgan fingerprint density at radius 1 is 1.11 bits per heavy atom. The Morgan fingerprint density at radius 3 is 2.50 bits per heavy atom. The zero-order valence-electron chi connectivity index (χ0n) is 11.8. The number of carbonyl (C=O) groups is 1. The quantitative estimate of drug-likeness (QED) is 0.620. The molecular formula is C15H29NO2. The molecule has 0 aromatic rings. The van der Waals surface area contributed by atoms with E-state index in [0.717, 1.165) is 44.2 Å². The maximum atomic E-state index is 10.3. The fourth-order valence-corrected chi connectivity index (χ4v) is 2.75. The Bertz CT molecular complexity index is 223. The Morgan fingerprint density at radius 2 is 1.83 bits per heavy atom. The lowest BCUT2D eigenvalue weighted by molar-refractivity contribution is -0.137. The summed E-state index contributed by atoms with van der Waals surface area (Å²) < 4.78 is 0. The van der Waals surface area contributed by atoms with Crippen molar-refractivity contribution in [2.24, 2.45) is 11.8 Å². The van der Waals surface area contributed by atoms with Gasteiger partial charge < -0.3 is 10.4 Å². The van der Waals surface area contributed by atoms with Crippen LogP contribution in [-0.2, 0) is 4.79 Å². The Hall–Kier alpha value is -0.570. The molecule has 1 saturated carbocycles. The van der Waals surface area contributed by atoms with Crippen molar-refractivity contribution in [1.29, 1.82) is 0 Å². The summed E-state index contributed by atoms with van der Waals surface area (Å²) in [7, 11) is 0. The number of rotatable bonds is 9. The van der Waals surface area contributed by atoms with Crippen molar-refractivity contribution in [1.82, 2.24) is 5.32 Å². The lowest BCUT2D eigenvalue weighted by atomic mass is 9.81. The summed E-state index contributed by atoms with van der Waals surface area (Å²) in [6.45, 7) is 4.55. The number of hydrogen-bond acceptors (Lipinski definition) is 2. The van der Waals surface area contributed by atoms with Crippen molar-refractivity contribution >= 4 is 5.97 Å². The Kier molecular flexibility index (Phi) is 8.06. The van der Waals surface area contributed by atoms with Gasteiger partial charge in [-0.3, -0.25) is 4.79 Å². The molecule has 0 heterocycles. The third-order valence-corrected chi connectivity index (χ3v) is 4.11. The summed E-state index contributed by atoms with van der Waals surface area (Å²) >= 11 is 0. The average molecular weight is 255 g/mol. The first kappa shape index (κ1) is 15.5. The molecule has 1 fully saturated rings. The van der Waals surface area contributed by atoms with E-state index in [1.54, 1.807) is 0 Å². The molecule has 0 saturated heterocycles. The highest BCUT2D eigenvalue weighted by Crippen LogP contribution is 2.29. The van der Waals surface area contributed by atoms with Gasteiger partial charge in [0, 0.05) is 6.42 Å². The molecule has 0 spiro atoms. The number of carboxylic acids is 1. The minimum atomic E-state index is -0.672. The second kappa shape index (κ2) is 9.37. The summed E-state index contributed by atoms with van der Waals surface area (Å²) in [6, 6.07) is 0. The third-order valence-electron chi connectivity index (χ3n) is 4.11. The number of hydrogen-bond donors (Lipinski definition) is 2. The smallest absolute Gasteiger partial charge is 0.303 e. The van der Waals surface area contributed by atoms with E-state index in [-0.39, 0.29) is 0 Å². The molecule has 1 aliphatic rings. The second-order valence-corrected chi connectivity index (χ2v) is 5.87. The molecule has 2 N–H and O–H groups in total. The van der Waals surface area contributed by atoms with Gasteiger partial charge in [-0.15, -0.1) is 0 Å². The summed E-state index contributed by atoms with van der Waals surface area (Å²) in [5.74, 6) is 1.22. The van der Waals surface area contributed by atoms with E-state index in [2.05, 4.69) is 12.2 Å². The van der Waals surface area contributed by atoms with Crippen molar-refractivity contribution in [3.8, 4) is 0 Å². The number of unbranched alkanes of at least 4 members (excludes halogenated alkanes) is 2. The molecule has 0 amide bonds. The van der Waals surface area contributed by atoms with Crippen molar-refractivity contribution in [2.75, 3.05) is 13.1 Å². The first-order valence-electron chi connectivity index (χ1n) is 7.61. The van der Waals surface area contributed by atoms with Gasteiger partial charge in [0.15, 0.2) is 0 Å². The van der Waals surface area contributed by atoms with Gasteiger partial charge >= 0.3 is 5.97 Å². The van der Waals surface area contributed by atoms with Gasteiger partial charge in [-0.2, -0.15) is 0 Å². The molecule has 106 valence electrons. The van der Waals surface area contributed by atoms with Crippen molar-refractivity contribution in [3.05, 3.63) is 0 Å². The van der Waals surface area contributed by atoms with Gasteiger partial charge in [0.2, 0.25) is 0 Å². The van der Waals surface area contributed by atoms with Crippen LogP contribution in [0.2, 0.25) is 0 Å². The molecule has 0 atom stereocenters. The van der Waals surface area contributed by atoms with Crippen LogP contribution < -0.4 is 5.32 Å². The summed E-state index contributed by atoms with van der Waals surface area (Å²) in [6.07, 6.45) is 10.3. The van der Waals surface area contributed by atoms with E-state index in [0.29, 0.717) is 6.42 Å². The fourth-order valence-electron chi connectivity index (χ4n) is 2.75. The second-order valence-electron chi connectivity index (χ2n) is 5.87. The van der Waals surface area contributed by atoms with Gasteiger partial charge in [0.1, 0.15) is 0 Å². The van der Waals surface area contributed by atoms with Crippen molar-refractivity contribution < 1.29 is 9.90 Å². The van der Waals surface area contributed by atoms with Crippen LogP contribution in [0.15, 0.2) is 0 Å². The third kappa shape index (κ3) is 7.70. The van der Waals surface area contributed by atoms with E-state index in [1.165, 1.54) is 32.1 Å². The van der Waals surface area contributed by atoms with E-state index in [1.807, 2.05) is 0 Å². The molecule has 0 unspecified atom stereocenters. The van der Waals surface area contributed by atoms with Crippen LogP contribution in [-0.4, -0.2) is 24.2 Å². The van der Waals surface area contributed by atoms with Gasteiger partial charge in [0.25, 0.3) is 0 Å². The molecule has 0 aliphatic heterocycles. The maximum absolute atomic E-state index is 10.3. The first-order valence-corrected chi connectivity index (χ1v) is 7.61. The fraction of sp³-hybridized carbons (Fsp3) is 0.933. The van der Waals surface area contributed by atoms with E-state index >= 15 is 0 Å².